The number of hydrogen-bond donors (Lipinski definition) is 0. The molecule has 1 fully saturated rings. The van der Waals surface area contributed by atoms with Crippen molar-refractivity contribution in [2.75, 3.05) is 24.5 Å². The first-order chi connectivity index (χ1) is 13.7. The van der Waals surface area contributed by atoms with Crippen molar-refractivity contribution in [2.24, 2.45) is 0 Å². The van der Waals surface area contributed by atoms with E-state index in [4.69, 9.17) is 0 Å². The van der Waals surface area contributed by atoms with Gasteiger partial charge in [-0.25, -0.2) is 4.39 Å². The molecular weight excluding hydrogens is 388 g/mol. The Bertz CT molecular complexity index is 951. The van der Waals surface area contributed by atoms with Crippen LogP contribution in [0.25, 0.3) is 0 Å². The summed E-state index contributed by atoms with van der Waals surface area (Å²) in [6.45, 7) is -1.14. The van der Waals surface area contributed by atoms with E-state index in [2.05, 4.69) is 0 Å². The van der Waals surface area contributed by atoms with E-state index in [9.17, 15) is 27.2 Å². The monoisotopic (exact) mass is 406 g/mol. The maximum Gasteiger partial charge on any atom is 0.406 e. The van der Waals surface area contributed by atoms with E-state index in [0.29, 0.717) is 10.5 Å². The van der Waals surface area contributed by atoms with Gasteiger partial charge in [-0.3, -0.25) is 9.59 Å². The van der Waals surface area contributed by atoms with Crippen molar-refractivity contribution in [3.05, 3.63) is 65.5 Å². The fraction of sp³-hybridized carbons (Fsp3) is 0.333. The minimum Gasteiger partial charge on any atom is -0.339 e. The smallest absolute Gasteiger partial charge is 0.339 e. The van der Waals surface area contributed by atoms with Crippen molar-refractivity contribution < 1.29 is 27.2 Å². The molecule has 152 valence electrons. The highest BCUT2D eigenvalue weighted by Crippen LogP contribution is 2.49. The van der Waals surface area contributed by atoms with Crippen LogP contribution < -0.4 is 4.90 Å². The maximum absolute atomic E-state index is 14.7. The minimum atomic E-state index is -4.60. The van der Waals surface area contributed by atoms with Crippen LogP contribution in [0.5, 0.6) is 0 Å². The Morgan fingerprint density at radius 3 is 2.28 bits per heavy atom. The number of benzene rings is 2. The molecule has 0 aliphatic carbocycles. The zero-order valence-electron chi connectivity index (χ0n) is 15.4. The lowest BCUT2D eigenvalue weighted by Crippen LogP contribution is -2.51. The van der Waals surface area contributed by atoms with Crippen LogP contribution in [-0.2, 0) is 10.2 Å². The highest BCUT2D eigenvalue weighted by Gasteiger charge is 2.55. The van der Waals surface area contributed by atoms with Crippen molar-refractivity contribution in [3.63, 3.8) is 0 Å². The van der Waals surface area contributed by atoms with Crippen molar-refractivity contribution in [2.45, 2.75) is 24.4 Å². The van der Waals surface area contributed by atoms with Gasteiger partial charge < -0.3 is 9.80 Å². The number of halogens is 4. The van der Waals surface area contributed by atoms with Gasteiger partial charge in [0.2, 0.25) is 5.91 Å². The average molecular weight is 406 g/mol. The first-order valence-corrected chi connectivity index (χ1v) is 9.25. The molecule has 0 unspecified atom stereocenters. The molecule has 0 bridgehead atoms. The molecule has 2 amide bonds. The Balaban J connectivity index is 1.64. The number of piperidine rings is 1. The summed E-state index contributed by atoms with van der Waals surface area (Å²) in [4.78, 5) is 27.9. The first kappa shape index (κ1) is 19.4. The number of carbonyl (C=O) groups is 2. The molecule has 0 saturated carbocycles. The zero-order valence-corrected chi connectivity index (χ0v) is 15.4. The lowest BCUT2D eigenvalue weighted by atomic mass is 9.73. The van der Waals surface area contributed by atoms with Crippen LogP contribution >= 0.6 is 0 Å². The summed E-state index contributed by atoms with van der Waals surface area (Å²) in [5.41, 5.74) is -0.901. The fourth-order valence-corrected chi connectivity index (χ4v) is 4.34. The molecular formula is C21H18F4N2O2. The van der Waals surface area contributed by atoms with Crippen LogP contribution in [0, 0.1) is 5.82 Å². The Morgan fingerprint density at radius 2 is 1.66 bits per heavy atom. The molecule has 4 rings (SSSR count). The number of nitrogens with zero attached hydrogens (tertiary/aromatic N) is 2. The normalized spacial score (nSPS) is 18.3. The van der Waals surface area contributed by atoms with E-state index in [1.54, 1.807) is 35.2 Å². The summed E-state index contributed by atoms with van der Waals surface area (Å²) in [6.07, 6.45) is -4.45. The van der Waals surface area contributed by atoms with Crippen molar-refractivity contribution in [1.29, 1.82) is 0 Å². The van der Waals surface area contributed by atoms with Crippen LogP contribution in [0.3, 0.4) is 0 Å². The van der Waals surface area contributed by atoms with E-state index < -0.39 is 29.9 Å². The van der Waals surface area contributed by atoms with Crippen LogP contribution in [0.15, 0.2) is 48.5 Å². The van der Waals surface area contributed by atoms with Gasteiger partial charge in [0, 0.05) is 24.2 Å². The van der Waals surface area contributed by atoms with Gasteiger partial charge in [0.05, 0.1) is 11.1 Å². The number of hydrogen-bond acceptors (Lipinski definition) is 2. The van der Waals surface area contributed by atoms with E-state index in [-0.39, 0.29) is 43.1 Å². The standard InChI is InChI=1S/C21H18F4N2O2/c22-15-7-4-8-16-17(15)20(19(29)27(16)13-21(23,24)25)9-11-26(12-10-20)18(28)14-5-2-1-3-6-14/h1-8H,9-13H2. The number of fused-ring (bicyclic) bond motifs is 2. The number of anilines is 1. The summed E-state index contributed by atoms with van der Waals surface area (Å²) >= 11 is 0. The number of amides is 2. The van der Waals surface area contributed by atoms with Gasteiger partial charge in [0.15, 0.2) is 0 Å². The summed E-state index contributed by atoms with van der Waals surface area (Å²) in [5.74, 6) is -1.66. The Labute approximate surface area is 164 Å². The molecule has 1 spiro atoms. The number of rotatable bonds is 2. The third-order valence-electron chi connectivity index (χ3n) is 5.68. The van der Waals surface area contributed by atoms with E-state index in [1.807, 2.05) is 0 Å². The number of alkyl halides is 3. The van der Waals surface area contributed by atoms with Gasteiger partial charge in [0.1, 0.15) is 12.4 Å². The average Bonchev–Trinajstić information content (AvgIpc) is 2.91. The Morgan fingerprint density at radius 1 is 1.00 bits per heavy atom. The van der Waals surface area contributed by atoms with Gasteiger partial charge in [-0.1, -0.05) is 24.3 Å². The van der Waals surface area contributed by atoms with E-state index >= 15 is 0 Å². The highest BCUT2D eigenvalue weighted by molar-refractivity contribution is 6.08. The van der Waals surface area contributed by atoms with E-state index in [1.165, 1.54) is 12.1 Å². The quantitative estimate of drug-likeness (QED) is 0.710. The molecule has 0 atom stereocenters. The topological polar surface area (TPSA) is 40.6 Å². The second kappa shape index (κ2) is 6.86. The van der Waals surface area contributed by atoms with Crippen molar-refractivity contribution in [3.8, 4) is 0 Å². The lowest BCUT2D eigenvalue weighted by Gasteiger charge is -2.38. The SMILES string of the molecule is O=C(c1ccccc1)N1CCC2(CC1)C(=O)N(CC(F)(F)F)c1cccc(F)c12. The molecule has 1 saturated heterocycles. The molecule has 4 nitrogen and oxygen atoms in total. The van der Waals surface area contributed by atoms with Crippen LogP contribution in [0.4, 0.5) is 23.2 Å². The van der Waals surface area contributed by atoms with Crippen LogP contribution in [-0.4, -0.2) is 42.5 Å². The molecule has 0 aromatic heterocycles. The molecule has 8 heteroatoms. The summed E-state index contributed by atoms with van der Waals surface area (Å²) in [6, 6.07) is 12.4. The summed E-state index contributed by atoms with van der Waals surface area (Å²) < 4.78 is 53.8. The highest BCUT2D eigenvalue weighted by atomic mass is 19.4. The minimum absolute atomic E-state index is 0.0149. The Kier molecular flexibility index (Phi) is 4.59. The molecule has 0 N–H and O–H groups in total. The van der Waals surface area contributed by atoms with Gasteiger partial charge >= 0.3 is 6.18 Å². The molecule has 2 aliphatic heterocycles. The Hall–Kier alpha value is -2.90. The molecule has 2 aromatic carbocycles. The third kappa shape index (κ3) is 3.26. The molecule has 2 aromatic rings. The maximum atomic E-state index is 14.7. The van der Waals surface area contributed by atoms with Crippen LogP contribution in [0.1, 0.15) is 28.8 Å². The summed E-state index contributed by atoms with van der Waals surface area (Å²) in [5, 5.41) is 0. The zero-order chi connectivity index (χ0) is 20.8. The van der Waals surface area contributed by atoms with Gasteiger partial charge in [-0.05, 0) is 37.1 Å². The second-order valence-electron chi connectivity index (χ2n) is 7.38. The van der Waals surface area contributed by atoms with Crippen molar-refractivity contribution >= 4 is 17.5 Å². The number of carbonyl (C=O) groups excluding carboxylic acids is 2. The van der Waals surface area contributed by atoms with Gasteiger partial charge in [0.25, 0.3) is 5.91 Å². The van der Waals surface area contributed by atoms with Gasteiger partial charge in [-0.15, -0.1) is 0 Å². The second-order valence-corrected chi connectivity index (χ2v) is 7.38. The fourth-order valence-electron chi connectivity index (χ4n) is 4.34. The van der Waals surface area contributed by atoms with Gasteiger partial charge in [-0.2, -0.15) is 13.2 Å². The molecule has 0 radical (unpaired) electrons. The molecule has 29 heavy (non-hydrogen) atoms. The lowest BCUT2D eigenvalue weighted by molar-refractivity contribution is -0.135. The first-order valence-electron chi connectivity index (χ1n) is 9.25. The van der Waals surface area contributed by atoms with E-state index in [0.717, 1.165) is 6.07 Å². The summed E-state index contributed by atoms with van der Waals surface area (Å²) in [7, 11) is 0. The molecule has 2 aliphatic rings. The predicted molar refractivity (Wildman–Crippen MR) is 98.1 cm³/mol. The predicted octanol–water partition coefficient (Wildman–Crippen LogP) is 3.91. The largest absolute Gasteiger partial charge is 0.406 e. The molecule has 2 heterocycles. The van der Waals surface area contributed by atoms with Crippen molar-refractivity contribution in [1.82, 2.24) is 4.90 Å². The third-order valence-corrected chi connectivity index (χ3v) is 5.68. The number of likely N-dealkylation sites (tertiary alicyclic amines) is 1. The van der Waals surface area contributed by atoms with Crippen LogP contribution in [0.2, 0.25) is 0 Å².